The predicted molar refractivity (Wildman–Crippen MR) is 332 cm³/mol. The van der Waals surface area contributed by atoms with Crippen LogP contribution >= 0.6 is 0 Å². The second kappa shape index (κ2) is 39.3. The van der Waals surface area contributed by atoms with Crippen molar-refractivity contribution in [2.75, 3.05) is 6.61 Å². The number of alkyl halides is 4. The molecule has 12 N–H and O–H groups in total. The summed E-state index contributed by atoms with van der Waals surface area (Å²) in [5, 5.41) is 64.4. The number of aliphatic hydroxyl groups excluding tert-OH is 4. The van der Waals surface area contributed by atoms with Crippen LogP contribution in [0.2, 0.25) is 0 Å². The van der Waals surface area contributed by atoms with Crippen LogP contribution in [0.5, 0.6) is 0 Å². The van der Waals surface area contributed by atoms with Gasteiger partial charge in [-0.05, 0) is 49.4 Å². The van der Waals surface area contributed by atoms with E-state index in [0.717, 1.165) is 16.7 Å². The van der Waals surface area contributed by atoms with Crippen LogP contribution in [0.1, 0.15) is 104 Å². The van der Waals surface area contributed by atoms with E-state index >= 15 is 8.78 Å². The summed E-state index contributed by atoms with van der Waals surface area (Å²) in [6.45, 7) is 9.16. The van der Waals surface area contributed by atoms with E-state index in [1.165, 1.54) is 34.6 Å². The van der Waals surface area contributed by atoms with E-state index in [1.807, 2.05) is 80.6 Å². The Hall–Kier alpha value is -6.36. The third-order valence-electron chi connectivity index (χ3n) is 16.4. The number of carboxylic acid groups (broad SMARTS) is 1. The molecule has 2 heterocycles. The van der Waals surface area contributed by atoms with Crippen molar-refractivity contribution in [1.29, 1.82) is 0 Å². The van der Waals surface area contributed by atoms with Crippen LogP contribution in [0, 0.1) is 25.2 Å². The summed E-state index contributed by atoms with van der Waals surface area (Å²) in [6.07, 6.45) is -16.2. The minimum Gasteiger partial charge on any atom is -1.00 e. The van der Waals surface area contributed by atoms with Gasteiger partial charge in [0.2, 0.25) is 11.8 Å². The summed E-state index contributed by atoms with van der Waals surface area (Å²) in [5.41, 5.74) is 3.88. The zero-order chi connectivity index (χ0) is 69.0. The van der Waals surface area contributed by atoms with Crippen LogP contribution in [0.15, 0.2) is 121 Å². The molecular formula is C67H92ClF4N4O19Pd-. The van der Waals surface area contributed by atoms with E-state index in [1.54, 1.807) is 54.6 Å². The molecule has 2 unspecified atom stereocenters. The van der Waals surface area contributed by atoms with E-state index in [-0.39, 0.29) is 74.0 Å². The third kappa shape index (κ3) is 23.4. The number of alkyl carbamates (subject to hydrolysis) is 1. The molecule has 23 nitrogen and oxygen atoms in total. The van der Waals surface area contributed by atoms with Gasteiger partial charge in [0.25, 0.3) is 11.7 Å². The van der Waals surface area contributed by atoms with Gasteiger partial charge in [0, 0.05) is 58.9 Å². The molecule has 2 aliphatic heterocycles. The molecule has 96 heavy (non-hydrogen) atoms. The molecule has 0 saturated carbocycles. The van der Waals surface area contributed by atoms with Crippen molar-refractivity contribution in [3.63, 3.8) is 0 Å². The van der Waals surface area contributed by atoms with Crippen molar-refractivity contribution >= 4 is 41.4 Å². The number of carboxylic acids is 1. The number of hydrogen-bond acceptors (Lipinski definition) is 18. The molecule has 4 aromatic rings. The third-order valence-corrected chi connectivity index (χ3v) is 16.4. The molecule has 2 saturated heterocycles. The number of nitrogens with one attached hydrogen (secondary N) is 3. The van der Waals surface area contributed by atoms with Crippen molar-refractivity contribution in [2.24, 2.45) is 17.8 Å². The summed E-state index contributed by atoms with van der Waals surface area (Å²) in [4.78, 5) is 88.3. The summed E-state index contributed by atoms with van der Waals surface area (Å²) in [6, 6.07) is 30.4. The summed E-state index contributed by atoms with van der Waals surface area (Å²) in [7, 11) is 0. The number of benzene rings is 4. The van der Waals surface area contributed by atoms with Gasteiger partial charge in [-0.15, -0.1) is 0 Å². The summed E-state index contributed by atoms with van der Waals surface area (Å²) >= 11 is 0. The Kier molecular flexibility index (Phi) is 35.1. The Morgan fingerprint density at radius 2 is 1.07 bits per heavy atom. The number of quaternary nitrogens is 1. The quantitative estimate of drug-likeness (QED) is 0.0149. The molecule has 0 spiro atoms. The average Bonchev–Trinajstić information content (AvgIpc) is 0.734. The fraction of sp³-hybridized carbons (Fsp3) is 0.522. The zero-order valence-electron chi connectivity index (χ0n) is 54.6. The number of halogens is 5. The van der Waals surface area contributed by atoms with E-state index in [9.17, 15) is 62.8 Å². The van der Waals surface area contributed by atoms with Crippen LogP contribution in [0.3, 0.4) is 0 Å². The number of aliphatic carboxylic acids is 1. The second-order valence-electron chi connectivity index (χ2n) is 23.8. The van der Waals surface area contributed by atoms with Crippen LogP contribution in [0.25, 0.3) is 0 Å². The normalized spacial score (nSPS) is 24.2. The predicted octanol–water partition coefficient (Wildman–Crippen LogP) is 2.19. The Balaban J connectivity index is 0.00000114. The molecule has 3 amide bonds. The van der Waals surface area contributed by atoms with Gasteiger partial charge in [-0.1, -0.05) is 149 Å². The van der Waals surface area contributed by atoms with Gasteiger partial charge >= 0.3 is 24.0 Å². The maximum atomic E-state index is 17.6. The van der Waals surface area contributed by atoms with Crippen molar-refractivity contribution in [3.8, 4) is 0 Å². The molecule has 6 rings (SSSR count). The zero-order valence-corrected chi connectivity index (χ0v) is 56.9. The summed E-state index contributed by atoms with van der Waals surface area (Å²) < 4.78 is 99.3. The smallest absolute Gasteiger partial charge is 0.408 e. The van der Waals surface area contributed by atoms with E-state index in [0.29, 0.717) is 12.0 Å². The number of ether oxygens (including phenoxy) is 6. The van der Waals surface area contributed by atoms with Crippen LogP contribution < -0.4 is 34.1 Å². The maximum absolute atomic E-state index is 17.6. The standard InChI is InChI=1S/C49H58F2N2O9.C17H28F2N2O10.CH3.ClH.Pd.H2/c1-6-42-34(3)43(58-29-36-19-11-7-12-20-36)44(59-30-37-21-13-8-14-22-37)48(5,62-42)49(50,51)28-40(53-47(57)61-32-39-25-17-10-18-26-39)41(54)27-33(2)45(55)52-35(4)46(56)60-31-38-23-15-9-16-24-38;1-6(14(27)21-7(2)15(28)29)3-9(23)8(20)4-16(18,19)17(30)13(26)12(25)11(24)10(5-22)31-17;;;;/h7-26,33-35,40,42-44H,6,27-32H2,1-5H3,(H,52,55)(H,53,57);6-8,10-13,22,24-26,30H,3-5,20H2,1-2H3,(H,21,27)(H,28,29);1H3;1H;;1H/q;;-1;;;/t33-,34+,35+,40?,42-,43+,44-,48-;6-,7+,8?,10-,11+,12+,13-,17-;;;;/m11..../s1. The molecule has 0 radical (unpaired) electrons. The first kappa shape index (κ1) is 85.7. The molecule has 2 aliphatic rings. The number of carbonyl (C=O) groups excluding carboxylic acids is 6. The number of ketones is 2. The van der Waals surface area contributed by atoms with Crippen molar-refractivity contribution in [2.45, 2.75) is 197 Å². The van der Waals surface area contributed by atoms with Crippen molar-refractivity contribution < 1.29 is 150 Å². The first-order valence-corrected chi connectivity index (χ1v) is 30.5. The first-order valence-electron chi connectivity index (χ1n) is 30.5. The monoisotopic (exact) mass is 1470 g/mol. The largest absolute Gasteiger partial charge is 1.00 e. The number of aliphatic hydroxyl groups is 5. The second-order valence-corrected chi connectivity index (χ2v) is 23.8. The molecule has 4 aromatic carbocycles. The molecule has 2 fully saturated rings. The Morgan fingerprint density at radius 3 is 1.53 bits per heavy atom. The number of hydrogen-bond donors (Lipinski definition) is 10. The van der Waals surface area contributed by atoms with Crippen molar-refractivity contribution in [1.82, 2.24) is 16.0 Å². The van der Waals surface area contributed by atoms with Gasteiger partial charge in [0.1, 0.15) is 61.9 Å². The van der Waals surface area contributed by atoms with Crippen LogP contribution in [0.4, 0.5) is 22.4 Å². The van der Waals surface area contributed by atoms with E-state index < -0.39 is 176 Å². The van der Waals surface area contributed by atoms with E-state index in [2.05, 4.69) is 26.4 Å². The molecule has 540 valence electrons. The average molecular weight is 1480 g/mol. The Bertz CT molecular complexity index is 3080. The molecule has 0 aromatic heterocycles. The van der Waals surface area contributed by atoms with Gasteiger partial charge < -0.3 is 101 Å². The number of rotatable bonds is 31. The summed E-state index contributed by atoms with van der Waals surface area (Å²) in [5.74, 6) is -19.8. The van der Waals surface area contributed by atoms with Gasteiger partial charge in [0.05, 0.1) is 44.5 Å². The maximum Gasteiger partial charge on any atom is 0.408 e. The number of esters is 1. The van der Waals surface area contributed by atoms with Gasteiger partial charge in [-0.3, -0.25) is 24.0 Å². The van der Waals surface area contributed by atoms with Crippen LogP contribution in [-0.2, 0) is 104 Å². The minimum atomic E-state index is -4.37. The fourth-order valence-electron chi connectivity index (χ4n) is 10.5. The van der Waals surface area contributed by atoms with Gasteiger partial charge in [0.15, 0.2) is 17.2 Å². The SMILES string of the molecule is CC[C@H]1O[C@@](C)(C(F)(F)CC(NC(=O)OCc2ccccc2)C(=O)C[C@@H](C)C(=O)N[C@@H](C)C(=O)OCc2ccccc2)[C@H](OCc2ccccc2)[C@@H](OCc2ccccc2)[C@H]1C.C[C@H](CC(=O)C([NH3+])CC(F)(F)[C@]1(O)O[C@H](CO)[C@H](O)[C@H](O)[C@H]1O)C(=O)N[C@@H](C)C(=O)O.[CH3-].[Cl-].[HH].[Pd]. The van der Waals surface area contributed by atoms with E-state index in [4.69, 9.17) is 33.9 Å². The fourth-order valence-corrected chi connectivity index (χ4v) is 10.5. The topological polar surface area (TPSA) is 360 Å². The molecule has 16 atom stereocenters. The van der Waals surface area contributed by atoms with Crippen LogP contribution in [-0.4, -0.2) is 169 Å². The number of Topliss-reactive ketones (excluding diaryl/α,β-unsaturated/α-hetero) is 2. The van der Waals surface area contributed by atoms with Gasteiger partial charge in [-0.25, -0.2) is 27.2 Å². The van der Waals surface area contributed by atoms with Gasteiger partial charge in [-0.2, -0.15) is 0 Å². The molecule has 29 heteroatoms. The molecule has 0 bridgehead atoms. The molecule has 0 aliphatic carbocycles. The molecular weight excluding hydrogens is 1380 g/mol. The first-order chi connectivity index (χ1) is 43.8. The minimum absolute atomic E-state index is 0. The van der Waals surface area contributed by atoms with Crippen molar-refractivity contribution in [3.05, 3.63) is 151 Å². The Labute approximate surface area is 577 Å². The Morgan fingerprint density at radius 1 is 0.635 bits per heavy atom. The number of amides is 3. The number of carbonyl (C=O) groups is 7.